The number of hydrogen-bond donors (Lipinski definition) is 2. The second kappa shape index (κ2) is 6.48. The van der Waals surface area contributed by atoms with Crippen molar-refractivity contribution in [1.82, 2.24) is 10.2 Å². The Kier molecular flexibility index (Phi) is 4.44. The fourth-order valence-corrected chi connectivity index (χ4v) is 3.33. The maximum atomic E-state index is 12.3. The molecule has 3 rings (SSSR count). The van der Waals surface area contributed by atoms with Crippen molar-refractivity contribution in [2.24, 2.45) is 5.92 Å². The Labute approximate surface area is 126 Å². The smallest absolute Gasteiger partial charge is 0.242 e. The monoisotopic (exact) mass is 287 g/mol. The highest BCUT2D eigenvalue weighted by molar-refractivity contribution is 5.87. The van der Waals surface area contributed by atoms with Crippen LogP contribution in [0.4, 0.5) is 5.69 Å². The van der Waals surface area contributed by atoms with E-state index in [1.54, 1.807) is 0 Å². The Morgan fingerprint density at radius 1 is 1.33 bits per heavy atom. The summed E-state index contributed by atoms with van der Waals surface area (Å²) in [6, 6.07) is 8.08. The normalized spacial score (nSPS) is 22.6. The summed E-state index contributed by atoms with van der Waals surface area (Å²) in [5.74, 6) is 0.782. The van der Waals surface area contributed by atoms with Gasteiger partial charge in [-0.1, -0.05) is 25.1 Å². The van der Waals surface area contributed by atoms with Crippen molar-refractivity contribution in [3.63, 3.8) is 0 Å². The van der Waals surface area contributed by atoms with Gasteiger partial charge < -0.3 is 15.5 Å². The molecule has 0 radical (unpaired) electrons. The van der Waals surface area contributed by atoms with E-state index in [0.29, 0.717) is 5.92 Å². The first kappa shape index (κ1) is 14.4. The number of hydrogen-bond acceptors (Lipinski definition) is 3. The number of anilines is 1. The van der Waals surface area contributed by atoms with Gasteiger partial charge in [-0.25, -0.2) is 0 Å². The van der Waals surface area contributed by atoms with Gasteiger partial charge in [0.25, 0.3) is 0 Å². The molecule has 2 aliphatic rings. The summed E-state index contributed by atoms with van der Waals surface area (Å²) in [5, 5.41) is 6.46. The highest BCUT2D eigenvalue weighted by Crippen LogP contribution is 2.25. The molecule has 0 bridgehead atoms. The van der Waals surface area contributed by atoms with Crippen molar-refractivity contribution in [1.29, 1.82) is 0 Å². The zero-order valence-corrected chi connectivity index (χ0v) is 12.8. The van der Waals surface area contributed by atoms with Gasteiger partial charge in [-0.05, 0) is 50.0 Å². The molecule has 2 aliphatic heterocycles. The Balaban J connectivity index is 1.44. The van der Waals surface area contributed by atoms with Crippen LogP contribution in [0.3, 0.4) is 0 Å². The first-order chi connectivity index (χ1) is 10.3. The van der Waals surface area contributed by atoms with Gasteiger partial charge in [0, 0.05) is 18.7 Å². The van der Waals surface area contributed by atoms with E-state index in [2.05, 4.69) is 28.5 Å². The number of rotatable bonds is 4. The van der Waals surface area contributed by atoms with Gasteiger partial charge in [0.1, 0.15) is 6.04 Å². The van der Waals surface area contributed by atoms with Gasteiger partial charge in [0.15, 0.2) is 0 Å². The molecule has 1 aromatic carbocycles. The number of para-hydroxylation sites is 1. The van der Waals surface area contributed by atoms with Crippen molar-refractivity contribution < 1.29 is 4.79 Å². The van der Waals surface area contributed by atoms with E-state index >= 15 is 0 Å². The molecule has 1 unspecified atom stereocenters. The first-order valence-electron chi connectivity index (χ1n) is 8.10. The number of carbonyl (C=O) groups excluding carboxylic acids is 1. The number of benzene rings is 1. The number of nitrogens with zero attached hydrogens (tertiary/aromatic N) is 1. The van der Waals surface area contributed by atoms with Crippen LogP contribution in [0.15, 0.2) is 24.3 Å². The van der Waals surface area contributed by atoms with Crippen LogP contribution in [0.5, 0.6) is 0 Å². The molecule has 114 valence electrons. The summed E-state index contributed by atoms with van der Waals surface area (Å²) in [4.78, 5) is 14.8. The molecule has 1 saturated heterocycles. The lowest BCUT2D eigenvalue weighted by Gasteiger charge is -2.31. The quantitative estimate of drug-likeness (QED) is 0.888. The Morgan fingerprint density at radius 3 is 2.81 bits per heavy atom. The lowest BCUT2D eigenvalue weighted by Crippen LogP contribution is -2.43. The maximum absolute atomic E-state index is 12.3. The minimum Gasteiger partial charge on any atom is -0.373 e. The topological polar surface area (TPSA) is 44.4 Å². The molecule has 0 aliphatic carbocycles. The lowest BCUT2D eigenvalue weighted by molar-refractivity contribution is -0.122. The van der Waals surface area contributed by atoms with Gasteiger partial charge in [0.2, 0.25) is 5.91 Å². The van der Waals surface area contributed by atoms with Gasteiger partial charge in [-0.3, -0.25) is 4.79 Å². The lowest BCUT2D eigenvalue weighted by atomic mass is 9.96. The summed E-state index contributed by atoms with van der Waals surface area (Å²) in [7, 11) is 0. The van der Waals surface area contributed by atoms with E-state index in [1.165, 1.54) is 31.5 Å². The molecular formula is C17H25N3O. The van der Waals surface area contributed by atoms with E-state index in [9.17, 15) is 4.79 Å². The third kappa shape index (κ3) is 3.38. The van der Waals surface area contributed by atoms with E-state index < -0.39 is 0 Å². The summed E-state index contributed by atoms with van der Waals surface area (Å²) in [6.45, 7) is 6.52. The second-order valence-corrected chi connectivity index (χ2v) is 6.18. The second-order valence-electron chi connectivity index (χ2n) is 6.18. The minimum atomic E-state index is -0.0990. The summed E-state index contributed by atoms with van der Waals surface area (Å²) < 4.78 is 0. The highest BCUT2D eigenvalue weighted by atomic mass is 16.2. The average Bonchev–Trinajstić information content (AvgIpc) is 2.97. The zero-order valence-electron chi connectivity index (χ0n) is 12.8. The molecule has 0 saturated carbocycles. The van der Waals surface area contributed by atoms with E-state index in [4.69, 9.17) is 0 Å². The van der Waals surface area contributed by atoms with Gasteiger partial charge in [-0.15, -0.1) is 0 Å². The van der Waals surface area contributed by atoms with Crippen LogP contribution < -0.4 is 10.6 Å². The van der Waals surface area contributed by atoms with Gasteiger partial charge >= 0.3 is 0 Å². The molecule has 1 atom stereocenters. The predicted molar refractivity (Wildman–Crippen MR) is 85.4 cm³/mol. The zero-order chi connectivity index (χ0) is 14.7. The highest BCUT2D eigenvalue weighted by Gasteiger charge is 2.27. The molecule has 2 N–H and O–H groups in total. The van der Waals surface area contributed by atoms with Gasteiger partial charge in [0.05, 0.1) is 0 Å². The SMILES string of the molecule is CCN1CCC(CNC(=O)C2Cc3ccccc3N2)CC1. The number of nitrogens with one attached hydrogen (secondary N) is 2. The van der Waals surface area contributed by atoms with Crippen LogP contribution in [0, 0.1) is 5.92 Å². The Morgan fingerprint density at radius 2 is 2.10 bits per heavy atom. The van der Waals surface area contributed by atoms with Crippen LogP contribution in [-0.2, 0) is 11.2 Å². The molecule has 0 spiro atoms. The first-order valence-corrected chi connectivity index (χ1v) is 8.10. The third-order valence-electron chi connectivity index (χ3n) is 4.81. The molecule has 0 aromatic heterocycles. The van der Waals surface area contributed by atoms with Crippen molar-refractivity contribution in [3.05, 3.63) is 29.8 Å². The molecule has 4 heteroatoms. The molecule has 21 heavy (non-hydrogen) atoms. The molecule has 4 nitrogen and oxygen atoms in total. The third-order valence-corrected chi connectivity index (χ3v) is 4.81. The molecule has 1 aromatic rings. The number of likely N-dealkylation sites (tertiary alicyclic amines) is 1. The van der Waals surface area contributed by atoms with Crippen molar-refractivity contribution in [2.45, 2.75) is 32.2 Å². The fraction of sp³-hybridized carbons (Fsp3) is 0.588. The molecule has 2 heterocycles. The number of piperidine rings is 1. The summed E-state index contributed by atoms with van der Waals surface area (Å²) in [6.07, 6.45) is 3.20. The van der Waals surface area contributed by atoms with Crippen LogP contribution in [0.1, 0.15) is 25.3 Å². The molecule has 1 fully saturated rings. The minimum absolute atomic E-state index is 0.0990. The Bertz CT molecular complexity index is 470. The summed E-state index contributed by atoms with van der Waals surface area (Å²) in [5.41, 5.74) is 2.35. The average molecular weight is 287 g/mol. The summed E-state index contributed by atoms with van der Waals surface area (Å²) >= 11 is 0. The molecule has 1 amide bonds. The fourth-order valence-electron chi connectivity index (χ4n) is 3.33. The number of amides is 1. The molecular weight excluding hydrogens is 262 g/mol. The standard InChI is InChI=1S/C17H25N3O/c1-2-20-9-7-13(8-10-20)12-18-17(21)16-11-14-5-3-4-6-15(14)19-16/h3-6,13,16,19H,2,7-12H2,1H3,(H,18,21). The van der Waals surface area contributed by atoms with Crippen molar-refractivity contribution in [2.75, 3.05) is 31.5 Å². The Hall–Kier alpha value is -1.55. The van der Waals surface area contributed by atoms with Crippen molar-refractivity contribution >= 4 is 11.6 Å². The van der Waals surface area contributed by atoms with Crippen LogP contribution in [0.2, 0.25) is 0 Å². The van der Waals surface area contributed by atoms with E-state index in [0.717, 1.165) is 25.2 Å². The number of fused-ring (bicyclic) bond motifs is 1. The van der Waals surface area contributed by atoms with Crippen molar-refractivity contribution in [3.8, 4) is 0 Å². The van der Waals surface area contributed by atoms with E-state index in [1.807, 2.05) is 18.2 Å². The number of carbonyl (C=O) groups is 1. The predicted octanol–water partition coefficient (Wildman–Crippen LogP) is 1.87. The maximum Gasteiger partial charge on any atom is 0.242 e. The van der Waals surface area contributed by atoms with Crippen LogP contribution >= 0.6 is 0 Å². The van der Waals surface area contributed by atoms with Gasteiger partial charge in [-0.2, -0.15) is 0 Å². The van der Waals surface area contributed by atoms with Crippen LogP contribution in [-0.4, -0.2) is 43.0 Å². The van der Waals surface area contributed by atoms with E-state index in [-0.39, 0.29) is 11.9 Å². The van der Waals surface area contributed by atoms with Crippen LogP contribution in [0.25, 0.3) is 0 Å². The largest absolute Gasteiger partial charge is 0.373 e.